The molecule has 0 bridgehead atoms. The molecule has 2 amide bonds. The van der Waals surface area contributed by atoms with E-state index in [1.165, 1.54) is 0 Å². The number of nitrogens with one attached hydrogen (secondary N) is 3. The van der Waals surface area contributed by atoms with Gasteiger partial charge in [-0.15, -0.1) is 0 Å². The van der Waals surface area contributed by atoms with Crippen molar-refractivity contribution in [2.24, 2.45) is 5.73 Å². The predicted octanol–water partition coefficient (Wildman–Crippen LogP) is 6.26. The topological polar surface area (TPSA) is 117 Å². The summed E-state index contributed by atoms with van der Waals surface area (Å²) >= 11 is 10.4. The van der Waals surface area contributed by atoms with Gasteiger partial charge in [0.15, 0.2) is 11.2 Å². The summed E-state index contributed by atoms with van der Waals surface area (Å²) in [5.41, 5.74) is 8.69. The number of aryl methyl sites for hydroxylation is 1. The Labute approximate surface area is 248 Å². The number of carbonyl (C=O) groups excluding carboxylic acids is 2. The number of hydrogen-bond acceptors (Lipinski definition) is 4. The van der Waals surface area contributed by atoms with Crippen LogP contribution in [0.25, 0.3) is 0 Å². The summed E-state index contributed by atoms with van der Waals surface area (Å²) in [5.74, 6) is -0.598. The number of allylic oxidation sites excluding steroid dienone is 1. The Morgan fingerprint density at radius 1 is 1.02 bits per heavy atom. The number of anilines is 3. The molecule has 0 aromatic heterocycles. The maximum Gasteiger partial charge on any atom is 0.255 e. The van der Waals surface area contributed by atoms with Crippen molar-refractivity contribution < 1.29 is 13.8 Å². The van der Waals surface area contributed by atoms with E-state index >= 15 is 0 Å². The molecule has 0 spiro atoms. The van der Waals surface area contributed by atoms with Gasteiger partial charge >= 0.3 is 0 Å². The van der Waals surface area contributed by atoms with Gasteiger partial charge in [0.2, 0.25) is 0 Å². The highest BCUT2D eigenvalue weighted by atomic mass is 35.5. The average molecular weight is 605 g/mol. The Morgan fingerprint density at radius 2 is 1.70 bits per heavy atom. The molecule has 3 aromatic rings. The van der Waals surface area contributed by atoms with Crippen LogP contribution in [0.5, 0.6) is 0 Å². The van der Waals surface area contributed by atoms with Crippen LogP contribution in [0.1, 0.15) is 47.1 Å². The molecule has 4 rings (SSSR count). The number of amides is 2. The number of hydrogen-bond donors (Lipinski definition) is 4. The van der Waals surface area contributed by atoms with Gasteiger partial charge in [0.1, 0.15) is 0 Å². The quantitative estimate of drug-likeness (QED) is 0.266. The summed E-state index contributed by atoms with van der Waals surface area (Å²) in [4.78, 5) is 25.2. The average Bonchev–Trinajstić information content (AvgIpc) is 3.41. The number of nitrogens with two attached hydrogens (primary N) is 1. The lowest BCUT2D eigenvalue weighted by Crippen LogP contribution is -2.22. The number of carbonyl (C=O) groups is 2. The first kappa shape index (κ1) is 33.0. The lowest BCUT2D eigenvalue weighted by molar-refractivity contribution is 0.101. The largest absolute Gasteiger partial charge is 0.326 e. The smallest absolute Gasteiger partial charge is 0.255 e. The van der Waals surface area contributed by atoms with Crippen molar-refractivity contribution in [2.75, 3.05) is 34.6 Å². The van der Waals surface area contributed by atoms with E-state index in [-0.39, 0.29) is 11.8 Å². The highest BCUT2D eigenvalue weighted by molar-refractivity contribution is 7.84. The van der Waals surface area contributed by atoms with Gasteiger partial charge in [-0.1, -0.05) is 60.8 Å². The zero-order chi connectivity index (χ0) is 29.7. The summed E-state index contributed by atoms with van der Waals surface area (Å²) in [6, 6.07) is 19.0. The molecule has 0 saturated carbocycles. The van der Waals surface area contributed by atoms with E-state index in [1.54, 1.807) is 65.0 Å². The number of benzene rings is 3. The summed E-state index contributed by atoms with van der Waals surface area (Å²) in [5, 5.41) is 6.68. The van der Waals surface area contributed by atoms with Crippen LogP contribution >= 0.6 is 23.2 Å². The number of nitrogens with zero attached hydrogens (tertiary/aromatic N) is 1. The fourth-order valence-electron chi connectivity index (χ4n) is 3.40. The summed E-state index contributed by atoms with van der Waals surface area (Å²) in [7, 11) is 0. The molecule has 1 aliphatic rings. The molecule has 3 aromatic carbocycles. The van der Waals surface area contributed by atoms with Gasteiger partial charge in [0.25, 0.3) is 11.8 Å². The van der Waals surface area contributed by atoms with Crippen LogP contribution in [0.15, 0.2) is 77.8 Å². The zero-order valence-corrected chi connectivity index (χ0v) is 25.3. The molecule has 1 unspecified atom stereocenters. The Morgan fingerprint density at radius 3 is 2.25 bits per heavy atom. The van der Waals surface area contributed by atoms with Gasteiger partial charge in [0, 0.05) is 41.5 Å². The van der Waals surface area contributed by atoms with Gasteiger partial charge in [-0.3, -0.25) is 13.9 Å². The lowest BCUT2D eigenvalue weighted by Gasteiger charge is -2.15. The van der Waals surface area contributed by atoms with Gasteiger partial charge in [-0.25, -0.2) is 8.93 Å². The minimum absolute atomic E-state index is 0.288. The van der Waals surface area contributed by atoms with Gasteiger partial charge in [-0.05, 0) is 68.4 Å². The fraction of sp³-hybridized carbons (Fsp3) is 0.241. The van der Waals surface area contributed by atoms with E-state index in [4.69, 9.17) is 28.9 Å². The maximum atomic E-state index is 12.7. The van der Waals surface area contributed by atoms with Gasteiger partial charge < -0.3 is 16.4 Å². The van der Waals surface area contributed by atoms with E-state index in [0.29, 0.717) is 47.2 Å². The Hall–Kier alpha value is -3.21. The summed E-state index contributed by atoms with van der Waals surface area (Å²) in [6.07, 6.45) is 1.78. The third-order valence-electron chi connectivity index (χ3n) is 5.42. The minimum Gasteiger partial charge on any atom is -0.326 e. The molecule has 1 fully saturated rings. The normalized spacial score (nSPS) is 14.3. The maximum absolute atomic E-state index is 12.7. The predicted molar refractivity (Wildman–Crippen MR) is 168 cm³/mol. The second-order valence-electron chi connectivity index (χ2n) is 8.20. The Kier molecular flexibility index (Phi) is 13.9. The van der Waals surface area contributed by atoms with Crippen LogP contribution in [0.3, 0.4) is 0 Å². The van der Waals surface area contributed by atoms with Crippen LogP contribution in [0.2, 0.25) is 5.02 Å². The molecule has 214 valence electrons. The molecule has 40 heavy (non-hydrogen) atoms. The van der Waals surface area contributed by atoms with Crippen molar-refractivity contribution in [1.82, 2.24) is 4.72 Å². The Bertz CT molecular complexity index is 1350. The minimum atomic E-state index is -1.25. The van der Waals surface area contributed by atoms with E-state index in [0.717, 1.165) is 16.3 Å². The molecule has 0 radical (unpaired) electrons. The molecule has 0 aliphatic carbocycles. The van der Waals surface area contributed by atoms with Crippen LogP contribution in [-0.4, -0.2) is 35.7 Å². The molecule has 1 atom stereocenters. The van der Waals surface area contributed by atoms with Crippen LogP contribution in [-0.2, 0) is 11.2 Å². The highest BCUT2D eigenvalue weighted by Crippen LogP contribution is 2.27. The van der Waals surface area contributed by atoms with Crippen LogP contribution in [0.4, 0.5) is 17.1 Å². The van der Waals surface area contributed by atoms with Gasteiger partial charge in [-0.2, -0.15) is 0 Å². The van der Waals surface area contributed by atoms with E-state index in [1.807, 2.05) is 39.8 Å². The first-order valence-corrected chi connectivity index (χ1v) is 14.6. The molecule has 1 heterocycles. The first-order valence-electron chi connectivity index (χ1n) is 12.7. The molecule has 11 heteroatoms. The zero-order valence-electron chi connectivity index (χ0n) is 23.0. The third kappa shape index (κ3) is 9.76. The van der Waals surface area contributed by atoms with Crippen molar-refractivity contribution in [3.05, 3.63) is 99.6 Å². The second kappa shape index (κ2) is 16.8. The number of rotatable bonds is 6. The third-order valence-corrected chi connectivity index (χ3v) is 7.37. The van der Waals surface area contributed by atoms with Crippen molar-refractivity contribution in [3.63, 3.8) is 0 Å². The van der Waals surface area contributed by atoms with Crippen molar-refractivity contribution in [3.8, 4) is 0 Å². The molecule has 1 aliphatic heterocycles. The molecule has 8 nitrogen and oxygen atoms in total. The second-order valence-corrected chi connectivity index (χ2v) is 10.3. The van der Waals surface area contributed by atoms with E-state index in [2.05, 4.69) is 15.4 Å². The van der Waals surface area contributed by atoms with Crippen LogP contribution in [0, 0.1) is 6.92 Å². The Balaban J connectivity index is 0.000000622. The standard InChI is InChI=1S/C23H21ClN4O3S.C4H8ClN.C2H6/c1-15-3-2-4-17(13-15)23(30)27-21-14-18(7-10-20(21)24)26-22(29)16-5-8-19(9-6-16)28-12-11-25-32(28)31;1-2-4(5)3-6;1-2/h2-10,13-14,25H,11-12H2,1H3,(H,26,29)(H,27,30);2H,3,6H2,1H3;1-2H3/b;4-2+;. The van der Waals surface area contributed by atoms with Gasteiger partial charge in [0.05, 0.1) is 16.4 Å². The first-order chi connectivity index (χ1) is 19.2. The monoisotopic (exact) mass is 603 g/mol. The van der Waals surface area contributed by atoms with Crippen molar-refractivity contribution in [2.45, 2.75) is 27.7 Å². The summed E-state index contributed by atoms with van der Waals surface area (Å²) < 4.78 is 16.5. The van der Waals surface area contributed by atoms with Crippen molar-refractivity contribution in [1.29, 1.82) is 0 Å². The molecular weight excluding hydrogens is 569 g/mol. The van der Waals surface area contributed by atoms with E-state index in [9.17, 15) is 13.8 Å². The molecular formula is C29H35Cl2N5O3S. The number of halogens is 2. The SMILES string of the molecule is C/C=C(/Cl)CN.CC.Cc1cccc(C(=O)Nc2cc(NC(=O)c3ccc(N4CCNS4=O)cc3)ccc2Cl)c1. The molecule has 1 saturated heterocycles. The summed E-state index contributed by atoms with van der Waals surface area (Å²) in [6.45, 7) is 9.51. The highest BCUT2D eigenvalue weighted by Gasteiger charge is 2.20. The fourth-order valence-corrected chi connectivity index (χ4v) is 4.56. The lowest BCUT2D eigenvalue weighted by atomic mass is 10.1. The van der Waals surface area contributed by atoms with Crippen LogP contribution < -0.4 is 25.4 Å². The van der Waals surface area contributed by atoms with Crippen molar-refractivity contribution >= 4 is 63.3 Å². The molecule has 5 N–H and O–H groups in total. The van der Waals surface area contributed by atoms with E-state index < -0.39 is 11.2 Å².